The molecule has 0 amide bonds. The zero-order valence-electron chi connectivity index (χ0n) is 11.2. The van der Waals surface area contributed by atoms with Crippen molar-refractivity contribution in [3.63, 3.8) is 0 Å². The van der Waals surface area contributed by atoms with E-state index in [2.05, 4.69) is 46.7 Å². The van der Waals surface area contributed by atoms with E-state index in [1.54, 1.807) is 0 Å². The second kappa shape index (κ2) is 5.11. The van der Waals surface area contributed by atoms with Crippen LogP contribution in [0, 0.1) is 11.8 Å². The maximum absolute atomic E-state index is 4.55. The third kappa shape index (κ3) is 2.58. The van der Waals surface area contributed by atoms with Crippen LogP contribution >= 0.6 is 15.9 Å². The van der Waals surface area contributed by atoms with Crippen LogP contribution in [0.3, 0.4) is 0 Å². The van der Waals surface area contributed by atoms with Gasteiger partial charge < -0.3 is 0 Å². The molecule has 0 spiro atoms. The van der Waals surface area contributed by atoms with E-state index < -0.39 is 0 Å². The first-order valence-corrected chi connectivity index (χ1v) is 7.24. The molecule has 0 radical (unpaired) electrons. The molecule has 17 heavy (non-hydrogen) atoms. The van der Waals surface area contributed by atoms with Crippen molar-refractivity contribution in [1.29, 1.82) is 0 Å². The summed E-state index contributed by atoms with van der Waals surface area (Å²) in [6.45, 7) is 10.3. The second-order valence-corrected chi connectivity index (χ2v) is 6.13. The van der Waals surface area contributed by atoms with Gasteiger partial charge in [-0.3, -0.25) is 9.58 Å². The fourth-order valence-electron chi connectivity index (χ4n) is 2.58. The van der Waals surface area contributed by atoms with Crippen molar-refractivity contribution in [1.82, 2.24) is 14.7 Å². The minimum atomic E-state index is 0.813. The highest BCUT2D eigenvalue weighted by Crippen LogP contribution is 2.27. The van der Waals surface area contributed by atoms with Crippen LogP contribution < -0.4 is 0 Å². The molecule has 1 fully saturated rings. The predicted molar refractivity (Wildman–Crippen MR) is 73.9 cm³/mol. The van der Waals surface area contributed by atoms with Gasteiger partial charge in [-0.25, -0.2) is 0 Å². The van der Waals surface area contributed by atoms with Gasteiger partial charge >= 0.3 is 0 Å². The minimum Gasteiger partial charge on any atom is -0.297 e. The van der Waals surface area contributed by atoms with Gasteiger partial charge in [0, 0.05) is 26.7 Å². The van der Waals surface area contributed by atoms with Gasteiger partial charge in [-0.15, -0.1) is 0 Å². The van der Waals surface area contributed by atoms with E-state index in [9.17, 15) is 0 Å². The SMILES string of the molecule is CCc1nn(C)c(CN2CC(C)C(C)C2)c1Br. The van der Waals surface area contributed by atoms with Crippen LogP contribution in [0.4, 0.5) is 0 Å². The lowest BCUT2D eigenvalue weighted by Crippen LogP contribution is -2.22. The van der Waals surface area contributed by atoms with E-state index in [1.165, 1.54) is 29.0 Å². The molecule has 0 saturated carbocycles. The summed E-state index contributed by atoms with van der Waals surface area (Å²) in [7, 11) is 2.04. The van der Waals surface area contributed by atoms with E-state index in [0.29, 0.717) is 0 Å². The Labute approximate surface area is 112 Å². The highest BCUT2D eigenvalue weighted by atomic mass is 79.9. The first-order chi connectivity index (χ1) is 8.02. The number of nitrogens with zero attached hydrogens (tertiary/aromatic N) is 3. The van der Waals surface area contributed by atoms with Crippen molar-refractivity contribution in [3.8, 4) is 0 Å². The quantitative estimate of drug-likeness (QED) is 0.856. The van der Waals surface area contributed by atoms with Crippen LogP contribution in [0.5, 0.6) is 0 Å². The summed E-state index contributed by atoms with van der Waals surface area (Å²) in [5.41, 5.74) is 2.48. The third-order valence-corrected chi connectivity index (χ3v) is 4.86. The molecule has 1 aromatic rings. The lowest BCUT2D eigenvalue weighted by atomic mass is 10.0. The monoisotopic (exact) mass is 299 g/mol. The molecule has 96 valence electrons. The standard InChI is InChI=1S/C13H22BrN3/c1-5-11-13(14)12(16(4)15-11)8-17-6-9(2)10(3)7-17/h9-10H,5-8H2,1-4H3. The molecule has 3 nitrogen and oxygen atoms in total. The van der Waals surface area contributed by atoms with Gasteiger partial charge in [0.25, 0.3) is 0 Å². The molecule has 2 unspecified atom stereocenters. The fourth-order valence-corrected chi connectivity index (χ4v) is 3.32. The molecular weight excluding hydrogens is 278 g/mol. The number of aryl methyl sites for hydroxylation is 2. The fraction of sp³-hybridized carbons (Fsp3) is 0.769. The topological polar surface area (TPSA) is 21.1 Å². The van der Waals surface area contributed by atoms with E-state index in [0.717, 1.165) is 24.8 Å². The van der Waals surface area contributed by atoms with E-state index >= 15 is 0 Å². The summed E-state index contributed by atoms with van der Waals surface area (Å²) in [6.07, 6.45) is 0.987. The summed E-state index contributed by atoms with van der Waals surface area (Å²) in [5, 5.41) is 4.55. The van der Waals surface area contributed by atoms with Crippen LogP contribution in [-0.4, -0.2) is 27.8 Å². The molecule has 1 aliphatic heterocycles. The van der Waals surface area contributed by atoms with Gasteiger partial charge in [-0.1, -0.05) is 20.8 Å². The second-order valence-electron chi connectivity index (χ2n) is 5.33. The van der Waals surface area contributed by atoms with Crippen molar-refractivity contribution in [2.75, 3.05) is 13.1 Å². The molecule has 0 bridgehead atoms. The highest BCUT2D eigenvalue weighted by Gasteiger charge is 2.27. The molecule has 1 aliphatic rings. The van der Waals surface area contributed by atoms with Crippen LogP contribution in [0.2, 0.25) is 0 Å². The molecule has 2 rings (SSSR count). The Kier molecular flexibility index (Phi) is 3.93. The number of halogens is 1. The number of hydrogen-bond donors (Lipinski definition) is 0. The minimum absolute atomic E-state index is 0.813. The van der Waals surface area contributed by atoms with Gasteiger partial charge in [-0.05, 0) is 34.2 Å². The molecule has 2 heterocycles. The van der Waals surface area contributed by atoms with E-state index in [4.69, 9.17) is 0 Å². The molecule has 1 saturated heterocycles. The maximum Gasteiger partial charge on any atom is 0.0767 e. The molecule has 4 heteroatoms. The molecular formula is C13H22BrN3. The molecule has 2 atom stereocenters. The zero-order chi connectivity index (χ0) is 12.6. The summed E-state index contributed by atoms with van der Waals surface area (Å²) in [5.74, 6) is 1.63. The number of aromatic nitrogens is 2. The van der Waals surface area contributed by atoms with Crippen LogP contribution in [-0.2, 0) is 20.0 Å². The summed E-state index contributed by atoms with van der Waals surface area (Å²) in [4.78, 5) is 2.54. The Morgan fingerprint density at radius 1 is 1.29 bits per heavy atom. The van der Waals surface area contributed by atoms with Crippen LogP contribution in [0.15, 0.2) is 4.47 Å². The van der Waals surface area contributed by atoms with Crippen molar-refractivity contribution >= 4 is 15.9 Å². The Balaban J connectivity index is 2.11. The van der Waals surface area contributed by atoms with Crippen LogP contribution in [0.1, 0.15) is 32.2 Å². The van der Waals surface area contributed by atoms with Crippen molar-refractivity contribution in [3.05, 3.63) is 15.9 Å². The lowest BCUT2D eigenvalue weighted by molar-refractivity contribution is 0.306. The Bertz CT molecular complexity index is 390. The van der Waals surface area contributed by atoms with Gasteiger partial charge in [0.2, 0.25) is 0 Å². The van der Waals surface area contributed by atoms with Crippen molar-refractivity contribution in [2.45, 2.75) is 33.7 Å². The summed E-state index contributed by atoms with van der Waals surface area (Å²) < 4.78 is 3.23. The summed E-state index contributed by atoms with van der Waals surface area (Å²) in [6, 6.07) is 0. The Morgan fingerprint density at radius 2 is 1.88 bits per heavy atom. The zero-order valence-corrected chi connectivity index (χ0v) is 12.8. The van der Waals surface area contributed by atoms with Gasteiger partial charge in [0.1, 0.15) is 0 Å². The predicted octanol–water partition coefficient (Wildman–Crippen LogP) is 2.83. The first-order valence-electron chi connectivity index (χ1n) is 6.45. The van der Waals surface area contributed by atoms with E-state index in [-0.39, 0.29) is 0 Å². The maximum atomic E-state index is 4.55. The number of hydrogen-bond acceptors (Lipinski definition) is 2. The van der Waals surface area contributed by atoms with Crippen molar-refractivity contribution in [2.24, 2.45) is 18.9 Å². The van der Waals surface area contributed by atoms with Gasteiger partial charge in [0.15, 0.2) is 0 Å². The highest BCUT2D eigenvalue weighted by molar-refractivity contribution is 9.10. The van der Waals surface area contributed by atoms with E-state index in [1.807, 2.05) is 11.7 Å². The Morgan fingerprint density at radius 3 is 2.35 bits per heavy atom. The summed E-state index contributed by atoms with van der Waals surface area (Å²) >= 11 is 3.69. The van der Waals surface area contributed by atoms with Gasteiger partial charge in [0.05, 0.1) is 15.9 Å². The van der Waals surface area contributed by atoms with Gasteiger partial charge in [-0.2, -0.15) is 5.10 Å². The first kappa shape index (κ1) is 13.1. The van der Waals surface area contributed by atoms with Crippen LogP contribution in [0.25, 0.3) is 0 Å². The average Bonchev–Trinajstić information content (AvgIpc) is 2.73. The average molecular weight is 300 g/mol. The molecule has 1 aromatic heterocycles. The Hall–Kier alpha value is -0.350. The number of likely N-dealkylation sites (tertiary alicyclic amines) is 1. The smallest absolute Gasteiger partial charge is 0.0767 e. The van der Waals surface area contributed by atoms with Crippen molar-refractivity contribution < 1.29 is 0 Å². The molecule has 0 aromatic carbocycles. The molecule has 0 N–H and O–H groups in total. The largest absolute Gasteiger partial charge is 0.297 e. The molecule has 0 aliphatic carbocycles. The lowest BCUT2D eigenvalue weighted by Gasteiger charge is -2.15. The number of rotatable bonds is 3. The normalized spacial score (nSPS) is 25.7. The third-order valence-electron chi connectivity index (χ3n) is 3.94.